The van der Waals surface area contributed by atoms with E-state index in [1.165, 1.54) is 35.0 Å². The van der Waals surface area contributed by atoms with E-state index >= 15 is 0 Å². The lowest BCUT2D eigenvalue weighted by atomic mass is 10.1. The van der Waals surface area contributed by atoms with Crippen molar-refractivity contribution >= 4 is 22.6 Å². The van der Waals surface area contributed by atoms with Crippen molar-refractivity contribution in [3.63, 3.8) is 0 Å². The topological polar surface area (TPSA) is 84.2 Å². The van der Waals surface area contributed by atoms with Crippen LogP contribution in [0.3, 0.4) is 0 Å². The van der Waals surface area contributed by atoms with Gasteiger partial charge in [0.05, 0.1) is 11.1 Å². The molecule has 150 valence electrons. The van der Waals surface area contributed by atoms with Crippen molar-refractivity contribution in [2.24, 2.45) is 0 Å². The summed E-state index contributed by atoms with van der Waals surface area (Å²) in [5.41, 5.74) is 1.85. The molecule has 4 rings (SSSR count). The van der Waals surface area contributed by atoms with Crippen LogP contribution in [0.15, 0.2) is 65.6 Å². The first-order chi connectivity index (χ1) is 14.4. The molecule has 0 radical (unpaired) electrons. The van der Waals surface area contributed by atoms with Crippen LogP contribution in [0.1, 0.15) is 21.5 Å². The van der Waals surface area contributed by atoms with E-state index in [9.17, 15) is 19.1 Å². The van der Waals surface area contributed by atoms with Crippen LogP contribution in [-0.4, -0.2) is 20.6 Å². The summed E-state index contributed by atoms with van der Waals surface area (Å²) >= 11 is 0. The first kappa shape index (κ1) is 19.3. The van der Waals surface area contributed by atoms with E-state index in [0.717, 1.165) is 11.1 Å². The second-order valence-corrected chi connectivity index (χ2v) is 6.97. The van der Waals surface area contributed by atoms with Gasteiger partial charge in [-0.1, -0.05) is 6.07 Å². The second-order valence-electron chi connectivity index (χ2n) is 6.97. The molecule has 1 amide bonds. The molecule has 0 unspecified atom stereocenters. The summed E-state index contributed by atoms with van der Waals surface area (Å²) in [6.45, 7) is 3.86. The van der Waals surface area contributed by atoms with Gasteiger partial charge in [-0.25, -0.2) is 9.37 Å². The summed E-state index contributed by atoms with van der Waals surface area (Å²) in [5, 5.41) is 13.6. The van der Waals surface area contributed by atoms with Gasteiger partial charge >= 0.3 is 0 Å². The van der Waals surface area contributed by atoms with Gasteiger partial charge < -0.3 is 10.4 Å². The van der Waals surface area contributed by atoms with Crippen LogP contribution >= 0.6 is 0 Å². The van der Waals surface area contributed by atoms with E-state index in [1.807, 2.05) is 19.9 Å². The van der Waals surface area contributed by atoms with E-state index in [1.54, 1.807) is 24.3 Å². The van der Waals surface area contributed by atoms with Crippen molar-refractivity contribution in [1.29, 1.82) is 0 Å². The Morgan fingerprint density at radius 3 is 2.50 bits per heavy atom. The van der Waals surface area contributed by atoms with Gasteiger partial charge in [-0.05, 0) is 73.5 Å². The average Bonchev–Trinajstić information content (AvgIpc) is 2.72. The van der Waals surface area contributed by atoms with Gasteiger partial charge in [0.1, 0.15) is 17.1 Å². The number of anilines is 1. The number of benzene rings is 2. The van der Waals surface area contributed by atoms with Gasteiger partial charge in [0.25, 0.3) is 11.5 Å². The molecule has 2 heterocycles. The quantitative estimate of drug-likeness (QED) is 0.539. The van der Waals surface area contributed by atoms with Crippen molar-refractivity contribution in [2.45, 2.75) is 13.8 Å². The number of nitrogens with zero attached hydrogens (tertiary/aromatic N) is 2. The Kier molecular flexibility index (Phi) is 4.79. The molecule has 0 bridgehead atoms. The fourth-order valence-electron chi connectivity index (χ4n) is 3.25. The highest BCUT2D eigenvalue weighted by Crippen LogP contribution is 2.27. The fraction of sp³-hybridized carbons (Fsp3) is 0.0870. The Balaban J connectivity index is 1.91. The van der Waals surface area contributed by atoms with E-state index in [2.05, 4.69) is 10.3 Å². The van der Waals surface area contributed by atoms with Crippen LogP contribution in [-0.2, 0) is 0 Å². The number of fused-ring (bicyclic) bond motifs is 1. The number of rotatable bonds is 3. The third kappa shape index (κ3) is 3.30. The Hall–Kier alpha value is -4.00. The zero-order valence-corrected chi connectivity index (χ0v) is 16.3. The molecule has 0 saturated heterocycles. The van der Waals surface area contributed by atoms with Gasteiger partial charge in [-0.2, -0.15) is 0 Å². The van der Waals surface area contributed by atoms with Crippen LogP contribution in [0.4, 0.5) is 10.1 Å². The average molecular weight is 403 g/mol. The van der Waals surface area contributed by atoms with Crippen LogP contribution in [0.5, 0.6) is 5.75 Å². The highest BCUT2D eigenvalue weighted by atomic mass is 19.1. The third-order valence-corrected chi connectivity index (χ3v) is 4.98. The smallest absolute Gasteiger partial charge is 0.273 e. The van der Waals surface area contributed by atoms with Crippen molar-refractivity contribution in [2.75, 3.05) is 5.32 Å². The van der Waals surface area contributed by atoms with Crippen molar-refractivity contribution in [3.8, 4) is 11.4 Å². The molecule has 2 aromatic carbocycles. The maximum absolute atomic E-state index is 13.4. The van der Waals surface area contributed by atoms with Crippen LogP contribution in [0.2, 0.25) is 0 Å². The van der Waals surface area contributed by atoms with E-state index in [4.69, 9.17) is 0 Å². The van der Waals surface area contributed by atoms with Crippen LogP contribution in [0, 0.1) is 19.7 Å². The summed E-state index contributed by atoms with van der Waals surface area (Å²) in [7, 11) is 0. The number of carbonyl (C=O) groups is 1. The molecular weight excluding hydrogens is 385 g/mol. The number of aryl methyl sites for hydroxylation is 2. The monoisotopic (exact) mass is 403 g/mol. The molecule has 6 nitrogen and oxygen atoms in total. The number of hydrogen-bond acceptors (Lipinski definition) is 4. The van der Waals surface area contributed by atoms with E-state index in [0.29, 0.717) is 11.4 Å². The van der Waals surface area contributed by atoms with Gasteiger partial charge in [-0.3, -0.25) is 14.2 Å². The molecule has 0 fully saturated rings. The lowest BCUT2D eigenvalue weighted by Gasteiger charge is -2.14. The number of aromatic nitrogens is 2. The number of pyridine rings is 2. The fourth-order valence-corrected chi connectivity index (χ4v) is 3.25. The molecule has 7 heteroatoms. The SMILES string of the molecule is Cc1ccc(NC(=O)c2c(O)c3cccnc3n(-c3ccc(F)cc3)c2=O)cc1C. The Morgan fingerprint density at radius 1 is 1.07 bits per heavy atom. The lowest BCUT2D eigenvalue weighted by Crippen LogP contribution is -2.29. The van der Waals surface area contributed by atoms with Gasteiger partial charge in [0.15, 0.2) is 5.65 Å². The standard InChI is InChI=1S/C23H18FN3O3/c1-13-5-8-16(12-14(13)2)26-22(29)19-20(28)18-4-3-11-25-21(18)27(23(19)30)17-9-6-15(24)7-10-17/h3-12,28H,1-2H3,(H,26,29). The van der Waals surface area contributed by atoms with Gasteiger partial charge in [0, 0.05) is 11.9 Å². The molecule has 2 aromatic heterocycles. The largest absolute Gasteiger partial charge is 0.506 e. The molecular formula is C23H18FN3O3. The minimum Gasteiger partial charge on any atom is -0.506 e. The molecule has 0 atom stereocenters. The zero-order chi connectivity index (χ0) is 21.4. The summed E-state index contributed by atoms with van der Waals surface area (Å²) in [6.07, 6.45) is 1.47. The van der Waals surface area contributed by atoms with Gasteiger partial charge in [0.2, 0.25) is 0 Å². The predicted molar refractivity (Wildman–Crippen MR) is 113 cm³/mol. The van der Waals surface area contributed by atoms with Gasteiger partial charge in [-0.15, -0.1) is 0 Å². The Bertz CT molecular complexity index is 1340. The number of carbonyl (C=O) groups excluding carboxylic acids is 1. The summed E-state index contributed by atoms with van der Waals surface area (Å²) in [6, 6.07) is 13.7. The van der Waals surface area contributed by atoms with Crippen molar-refractivity contribution in [1.82, 2.24) is 9.55 Å². The predicted octanol–water partition coefficient (Wildman–Crippen LogP) is 4.10. The Labute approximate surface area is 171 Å². The summed E-state index contributed by atoms with van der Waals surface area (Å²) in [4.78, 5) is 30.4. The molecule has 30 heavy (non-hydrogen) atoms. The first-order valence-corrected chi connectivity index (χ1v) is 9.24. The number of halogens is 1. The Morgan fingerprint density at radius 2 is 1.80 bits per heavy atom. The number of nitrogens with one attached hydrogen (secondary N) is 1. The van der Waals surface area contributed by atoms with Crippen molar-refractivity contribution in [3.05, 3.63) is 93.7 Å². The number of aromatic hydroxyl groups is 1. The zero-order valence-electron chi connectivity index (χ0n) is 16.3. The first-order valence-electron chi connectivity index (χ1n) is 9.24. The number of amides is 1. The molecule has 0 aliphatic carbocycles. The van der Waals surface area contributed by atoms with E-state index < -0.39 is 28.6 Å². The minimum atomic E-state index is -0.758. The minimum absolute atomic E-state index is 0.161. The normalized spacial score (nSPS) is 10.9. The number of hydrogen-bond donors (Lipinski definition) is 2. The highest BCUT2D eigenvalue weighted by Gasteiger charge is 2.23. The molecule has 0 aliphatic rings. The van der Waals surface area contributed by atoms with E-state index in [-0.39, 0.29) is 11.0 Å². The summed E-state index contributed by atoms with van der Waals surface area (Å²) in [5.74, 6) is -1.67. The lowest BCUT2D eigenvalue weighted by molar-refractivity contribution is 0.102. The maximum atomic E-state index is 13.4. The highest BCUT2D eigenvalue weighted by molar-refractivity contribution is 6.09. The molecule has 0 aliphatic heterocycles. The van der Waals surface area contributed by atoms with Crippen LogP contribution in [0.25, 0.3) is 16.7 Å². The van der Waals surface area contributed by atoms with Crippen LogP contribution < -0.4 is 10.9 Å². The van der Waals surface area contributed by atoms with Crippen molar-refractivity contribution < 1.29 is 14.3 Å². The maximum Gasteiger partial charge on any atom is 0.273 e. The summed E-state index contributed by atoms with van der Waals surface area (Å²) < 4.78 is 14.6. The molecule has 0 spiro atoms. The molecule has 4 aromatic rings. The second kappa shape index (κ2) is 7.44. The third-order valence-electron chi connectivity index (χ3n) is 4.98. The molecule has 0 saturated carbocycles. The molecule has 2 N–H and O–H groups in total.